The van der Waals surface area contributed by atoms with Gasteiger partial charge in [0.1, 0.15) is 0 Å². The summed E-state index contributed by atoms with van der Waals surface area (Å²) in [5, 5.41) is 6.80. The van der Waals surface area contributed by atoms with Gasteiger partial charge in [-0.3, -0.25) is 9.52 Å². The lowest BCUT2D eigenvalue weighted by Crippen LogP contribution is -2.35. The Balaban J connectivity index is 1.10. The number of benzene rings is 4. The van der Waals surface area contributed by atoms with E-state index < -0.39 is 10.0 Å². The number of carbonyl (C=O) groups is 1. The van der Waals surface area contributed by atoms with Gasteiger partial charge in [-0.1, -0.05) is 42.5 Å². The van der Waals surface area contributed by atoms with Crippen LogP contribution in [0.15, 0.2) is 95.9 Å². The first-order chi connectivity index (χ1) is 20.3. The average molecular weight is 578 g/mol. The molecule has 4 aromatic carbocycles. The minimum absolute atomic E-state index is 0.136. The molecule has 2 fully saturated rings. The van der Waals surface area contributed by atoms with Crippen molar-refractivity contribution in [2.45, 2.75) is 50.0 Å². The molecular formula is C35H35N3O3S. The summed E-state index contributed by atoms with van der Waals surface area (Å²) in [5.74, 6) is 2.15. The summed E-state index contributed by atoms with van der Waals surface area (Å²) < 4.78 is 28.7. The maximum atomic E-state index is 13.4. The van der Waals surface area contributed by atoms with E-state index in [4.69, 9.17) is 0 Å². The van der Waals surface area contributed by atoms with Crippen molar-refractivity contribution >= 4 is 33.0 Å². The number of anilines is 3. The van der Waals surface area contributed by atoms with Crippen LogP contribution in [0.2, 0.25) is 0 Å². The van der Waals surface area contributed by atoms with Gasteiger partial charge < -0.3 is 10.6 Å². The molecule has 1 aliphatic heterocycles. The van der Waals surface area contributed by atoms with Crippen LogP contribution in [0.3, 0.4) is 0 Å². The summed E-state index contributed by atoms with van der Waals surface area (Å²) in [6, 6.07) is 29.0. The molecule has 2 bridgehead atoms. The zero-order valence-electron chi connectivity index (χ0n) is 23.8. The van der Waals surface area contributed by atoms with Crippen molar-refractivity contribution in [2.75, 3.05) is 15.4 Å². The molecule has 0 spiro atoms. The molecule has 5 atom stereocenters. The molecule has 7 heteroatoms. The highest BCUT2D eigenvalue weighted by Crippen LogP contribution is 2.63. The summed E-state index contributed by atoms with van der Waals surface area (Å²) >= 11 is 0. The van der Waals surface area contributed by atoms with E-state index in [2.05, 4.69) is 57.8 Å². The van der Waals surface area contributed by atoms with Crippen LogP contribution in [0.1, 0.15) is 63.8 Å². The van der Waals surface area contributed by atoms with Crippen LogP contribution in [0, 0.1) is 31.6 Å². The molecule has 0 aromatic heterocycles. The lowest BCUT2D eigenvalue weighted by molar-refractivity contribution is 0.102. The fourth-order valence-electron chi connectivity index (χ4n) is 7.59. The second-order valence-electron chi connectivity index (χ2n) is 12.2. The number of nitrogens with one attached hydrogen (secondary N) is 3. The molecule has 42 heavy (non-hydrogen) atoms. The number of sulfonamides is 1. The van der Waals surface area contributed by atoms with Crippen molar-refractivity contribution in [3.63, 3.8) is 0 Å². The Hall–Kier alpha value is -4.10. The summed E-state index contributed by atoms with van der Waals surface area (Å²) in [6.45, 7) is 3.79. The zero-order chi connectivity index (χ0) is 29.0. The van der Waals surface area contributed by atoms with Gasteiger partial charge in [0.05, 0.1) is 16.6 Å². The first kappa shape index (κ1) is 26.8. The van der Waals surface area contributed by atoms with Gasteiger partial charge in [-0.25, -0.2) is 8.42 Å². The second kappa shape index (κ2) is 10.3. The summed E-state index contributed by atoms with van der Waals surface area (Å²) in [7, 11) is -3.77. The smallest absolute Gasteiger partial charge is 0.261 e. The number of amides is 1. The largest absolute Gasteiger partial charge is 0.378 e. The zero-order valence-corrected chi connectivity index (χ0v) is 24.6. The lowest BCUT2D eigenvalue weighted by Gasteiger charge is -2.43. The third kappa shape index (κ3) is 4.75. The van der Waals surface area contributed by atoms with Crippen molar-refractivity contribution in [3.8, 4) is 0 Å². The standard InChI is InChI=1S/C35H35N3O3S/c1-21-8-9-22(2)31(18-21)38-42(40,41)28-15-13-27(14-16-28)36-35(39)26-12-17-30-29(20-26)32-24-10-11-25(19-24)33(32)34(37-30)23-6-4-3-5-7-23/h3-9,12-18,20,24-25,32-34,37-38H,10-11,19H2,1-2H3,(H,36,39)/t24-,25-,32-,33+,34+/m0/s1. The highest BCUT2D eigenvalue weighted by molar-refractivity contribution is 7.92. The van der Waals surface area contributed by atoms with E-state index in [-0.39, 0.29) is 16.8 Å². The summed E-state index contributed by atoms with van der Waals surface area (Å²) in [6.07, 6.45) is 3.82. The molecule has 3 N–H and O–H groups in total. The van der Waals surface area contributed by atoms with E-state index >= 15 is 0 Å². The molecule has 0 unspecified atom stereocenters. The van der Waals surface area contributed by atoms with E-state index in [9.17, 15) is 13.2 Å². The van der Waals surface area contributed by atoms with Gasteiger partial charge in [-0.05, 0) is 128 Å². The number of hydrogen-bond donors (Lipinski definition) is 3. The Morgan fingerprint density at radius 3 is 2.40 bits per heavy atom. The van der Waals surface area contributed by atoms with Crippen molar-refractivity contribution in [3.05, 3.63) is 119 Å². The van der Waals surface area contributed by atoms with Gasteiger partial charge in [-0.15, -0.1) is 0 Å². The van der Waals surface area contributed by atoms with Crippen molar-refractivity contribution < 1.29 is 13.2 Å². The van der Waals surface area contributed by atoms with Crippen LogP contribution >= 0.6 is 0 Å². The molecule has 4 aromatic rings. The fourth-order valence-corrected chi connectivity index (χ4v) is 8.71. The Bertz CT molecular complexity index is 1770. The Kier molecular flexibility index (Phi) is 6.58. The monoisotopic (exact) mass is 577 g/mol. The van der Waals surface area contributed by atoms with Gasteiger partial charge in [0.25, 0.3) is 15.9 Å². The van der Waals surface area contributed by atoms with Crippen LogP contribution in [-0.2, 0) is 10.0 Å². The SMILES string of the molecule is Cc1ccc(C)c(NS(=O)(=O)c2ccc(NC(=O)c3ccc4c(c3)[C@@H]3[C@H]5CC[C@@H](C5)[C@H]3[C@@H](c3ccccc3)N4)cc2)c1. The quantitative estimate of drug-likeness (QED) is 0.220. The van der Waals surface area contributed by atoms with Gasteiger partial charge in [0.15, 0.2) is 0 Å². The minimum Gasteiger partial charge on any atom is -0.378 e. The lowest BCUT2D eigenvalue weighted by atomic mass is 9.68. The minimum atomic E-state index is -3.77. The van der Waals surface area contributed by atoms with E-state index in [0.29, 0.717) is 40.6 Å². The van der Waals surface area contributed by atoms with Crippen LogP contribution in [0.25, 0.3) is 0 Å². The van der Waals surface area contributed by atoms with Crippen molar-refractivity contribution in [2.24, 2.45) is 17.8 Å². The fraction of sp³-hybridized carbons (Fsp3) is 0.286. The number of aryl methyl sites for hydroxylation is 2. The normalized spacial score (nSPS) is 23.9. The highest BCUT2D eigenvalue weighted by atomic mass is 32.2. The van der Waals surface area contributed by atoms with Crippen LogP contribution < -0.4 is 15.4 Å². The first-order valence-corrected chi connectivity index (χ1v) is 16.2. The number of hydrogen-bond acceptors (Lipinski definition) is 4. The predicted octanol–water partition coefficient (Wildman–Crippen LogP) is 7.65. The summed E-state index contributed by atoms with van der Waals surface area (Å²) in [5.41, 5.74) is 7.25. The molecule has 0 radical (unpaired) electrons. The van der Waals surface area contributed by atoms with Crippen LogP contribution in [-0.4, -0.2) is 14.3 Å². The Morgan fingerprint density at radius 1 is 0.857 bits per heavy atom. The van der Waals surface area contributed by atoms with Gasteiger partial charge in [-0.2, -0.15) is 0 Å². The number of carbonyl (C=O) groups excluding carboxylic acids is 1. The van der Waals surface area contributed by atoms with Gasteiger partial charge in [0.2, 0.25) is 0 Å². The third-order valence-corrected chi connectivity index (χ3v) is 10.9. The van der Waals surface area contributed by atoms with E-state index in [1.807, 2.05) is 38.1 Å². The topological polar surface area (TPSA) is 87.3 Å². The van der Waals surface area contributed by atoms with E-state index in [1.165, 1.54) is 42.5 Å². The maximum Gasteiger partial charge on any atom is 0.261 e. The Labute approximate surface area is 247 Å². The molecule has 1 amide bonds. The predicted molar refractivity (Wildman–Crippen MR) is 167 cm³/mol. The van der Waals surface area contributed by atoms with E-state index in [1.54, 1.807) is 12.1 Å². The summed E-state index contributed by atoms with van der Waals surface area (Å²) in [4.78, 5) is 13.5. The number of fused-ring (bicyclic) bond motifs is 7. The van der Waals surface area contributed by atoms with Gasteiger partial charge >= 0.3 is 0 Å². The molecule has 3 aliphatic rings. The third-order valence-electron chi connectivity index (χ3n) is 9.57. The first-order valence-electron chi connectivity index (χ1n) is 14.7. The molecular weight excluding hydrogens is 542 g/mol. The maximum absolute atomic E-state index is 13.4. The molecule has 1 heterocycles. The average Bonchev–Trinajstić information content (AvgIpc) is 3.62. The molecule has 0 saturated heterocycles. The van der Waals surface area contributed by atoms with Gasteiger partial charge in [0, 0.05) is 16.9 Å². The highest BCUT2D eigenvalue weighted by Gasteiger charge is 2.53. The van der Waals surface area contributed by atoms with Crippen LogP contribution in [0.5, 0.6) is 0 Å². The molecule has 6 nitrogen and oxygen atoms in total. The van der Waals surface area contributed by atoms with Crippen LogP contribution in [0.4, 0.5) is 17.1 Å². The number of rotatable bonds is 6. The van der Waals surface area contributed by atoms with Crippen molar-refractivity contribution in [1.82, 2.24) is 0 Å². The molecule has 2 aliphatic carbocycles. The van der Waals surface area contributed by atoms with Crippen molar-refractivity contribution in [1.29, 1.82) is 0 Å². The van der Waals surface area contributed by atoms with E-state index in [0.717, 1.165) is 16.8 Å². The molecule has 214 valence electrons. The molecule has 2 saturated carbocycles. The Morgan fingerprint density at radius 2 is 1.62 bits per heavy atom. The second-order valence-corrected chi connectivity index (χ2v) is 13.9. The molecule has 7 rings (SSSR count).